The second-order valence-electron chi connectivity index (χ2n) is 5.49. The van der Waals surface area contributed by atoms with Crippen molar-refractivity contribution in [3.63, 3.8) is 0 Å². The van der Waals surface area contributed by atoms with Crippen LogP contribution in [0.15, 0.2) is 54.6 Å². The summed E-state index contributed by atoms with van der Waals surface area (Å²) in [6, 6.07) is 15.9. The average molecular weight is 351 g/mol. The van der Waals surface area contributed by atoms with E-state index in [9.17, 15) is 9.59 Å². The number of methoxy groups -OCH3 is 1. The van der Waals surface area contributed by atoms with Crippen LogP contribution in [0, 0.1) is 0 Å². The van der Waals surface area contributed by atoms with Crippen LogP contribution >= 0.6 is 0 Å². The molecule has 0 fully saturated rings. The molecule has 8 heteroatoms. The summed E-state index contributed by atoms with van der Waals surface area (Å²) >= 11 is 0. The van der Waals surface area contributed by atoms with E-state index in [0.717, 1.165) is 5.56 Å². The first-order valence-electron chi connectivity index (χ1n) is 7.81. The summed E-state index contributed by atoms with van der Waals surface area (Å²) in [5, 5.41) is 10.6. The van der Waals surface area contributed by atoms with Gasteiger partial charge in [-0.1, -0.05) is 41.6 Å². The standard InChI is InChI=1S/C18H17N5O3/c1-26-18-15(21-22-23(18)11-12-6-3-2-4-7-12)17(25)20-14-9-5-8-13(10-14)16(19)24/h2-10H,11H2,1H3,(H2,19,24)(H,20,25). The lowest BCUT2D eigenvalue weighted by molar-refractivity contribution is 0.0994. The highest BCUT2D eigenvalue weighted by molar-refractivity contribution is 6.05. The van der Waals surface area contributed by atoms with Crippen molar-refractivity contribution in [1.82, 2.24) is 15.0 Å². The molecule has 2 amide bonds. The smallest absolute Gasteiger partial charge is 0.281 e. The number of hydrogen-bond acceptors (Lipinski definition) is 5. The van der Waals surface area contributed by atoms with Crippen LogP contribution in [0.3, 0.4) is 0 Å². The van der Waals surface area contributed by atoms with Crippen LogP contribution in [-0.2, 0) is 6.54 Å². The molecule has 0 radical (unpaired) electrons. The van der Waals surface area contributed by atoms with Gasteiger partial charge in [-0.3, -0.25) is 9.59 Å². The van der Waals surface area contributed by atoms with E-state index in [1.54, 1.807) is 18.2 Å². The van der Waals surface area contributed by atoms with E-state index in [2.05, 4.69) is 15.6 Å². The Bertz CT molecular complexity index is 937. The number of anilines is 1. The molecule has 0 spiro atoms. The molecule has 0 bridgehead atoms. The first kappa shape index (κ1) is 17.2. The Morgan fingerprint density at radius 1 is 1.15 bits per heavy atom. The molecule has 132 valence electrons. The fourth-order valence-electron chi connectivity index (χ4n) is 2.45. The number of carbonyl (C=O) groups excluding carboxylic acids is 2. The van der Waals surface area contributed by atoms with Gasteiger partial charge in [0.05, 0.1) is 13.7 Å². The van der Waals surface area contributed by atoms with E-state index in [4.69, 9.17) is 10.5 Å². The second kappa shape index (κ2) is 7.47. The van der Waals surface area contributed by atoms with E-state index >= 15 is 0 Å². The maximum Gasteiger partial charge on any atom is 0.281 e. The third-order valence-corrected chi connectivity index (χ3v) is 3.68. The number of amides is 2. The predicted octanol–water partition coefficient (Wildman–Crippen LogP) is 1.69. The quantitative estimate of drug-likeness (QED) is 0.702. The van der Waals surface area contributed by atoms with E-state index in [0.29, 0.717) is 17.8 Å². The number of nitrogens with two attached hydrogens (primary N) is 1. The summed E-state index contributed by atoms with van der Waals surface area (Å²) in [4.78, 5) is 23.8. The molecule has 3 N–H and O–H groups in total. The molecule has 3 aromatic rings. The molecule has 1 aromatic heterocycles. The van der Waals surface area contributed by atoms with Crippen molar-refractivity contribution in [2.75, 3.05) is 12.4 Å². The minimum absolute atomic E-state index is 0.0490. The monoisotopic (exact) mass is 351 g/mol. The number of nitrogens with one attached hydrogen (secondary N) is 1. The number of aromatic nitrogens is 3. The van der Waals surface area contributed by atoms with Crippen LogP contribution in [-0.4, -0.2) is 33.9 Å². The zero-order valence-corrected chi connectivity index (χ0v) is 14.0. The molecule has 3 rings (SSSR count). The van der Waals surface area contributed by atoms with Crippen molar-refractivity contribution in [1.29, 1.82) is 0 Å². The number of hydrogen-bond donors (Lipinski definition) is 2. The number of rotatable bonds is 6. The SMILES string of the molecule is COc1c(C(=O)Nc2cccc(C(N)=O)c2)nnn1Cc1ccccc1. The Kier molecular flexibility index (Phi) is 4.93. The van der Waals surface area contributed by atoms with Crippen LogP contribution in [0.25, 0.3) is 0 Å². The van der Waals surface area contributed by atoms with E-state index in [-0.39, 0.29) is 11.6 Å². The van der Waals surface area contributed by atoms with E-state index in [1.165, 1.54) is 17.9 Å². The topological polar surface area (TPSA) is 112 Å². The van der Waals surface area contributed by atoms with E-state index < -0.39 is 11.8 Å². The summed E-state index contributed by atoms with van der Waals surface area (Å²) < 4.78 is 6.82. The number of ether oxygens (including phenoxy) is 1. The van der Waals surface area contributed by atoms with Crippen LogP contribution in [0.4, 0.5) is 5.69 Å². The van der Waals surface area contributed by atoms with Crippen LogP contribution in [0.2, 0.25) is 0 Å². The molecule has 0 aliphatic carbocycles. The molecule has 0 aliphatic heterocycles. The van der Waals surface area contributed by atoms with Gasteiger partial charge in [0.15, 0.2) is 0 Å². The van der Waals surface area contributed by atoms with Crippen molar-refractivity contribution < 1.29 is 14.3 Å². The highest BCUT2D eigenvalue weighted by atomic mass is 16.5. The van der Waals surface area contributed by atoms with Crippen molar-refractivity contribution in [2.45, 2.75) is 6.54 Å². The van der Waals surface area contributed by atoms with Crippen LogP contribution in [0.1, 0.15) is 26.4 Å². The predicted molar refractivity (Wildman–Crippen MR) is 95.0 cm³/mol. The number of carbonyl (C=O) groups is 2. The van der Waals surface area contributed by atoms with Crippen molar-refractivity contribution in [3.05, 3.63) is 71.4 Å². The van der Waals surface area contributed by atoms with Gasteiger partial charge in [0.1, 0.15) is 0 Å². The zero-order chi connectivity index (χ0) is 18.5. The molecule has 0 saturated heterocycles. The zero-order valence-electron chi connectivity index (χ0n) is 14.0. The molecule has 1 heterocycles. The minimum atomic E-state index is -0.576. The first-order valence-corrected chi connectivity index (χ1v) is 7.81. The molecule has 8 nitrogen and oxygen atoms in total. The van der Waals surface area contributed by atoms with Gasteiger partial charge < -0.3 is 15.8 Å². The average Bonchev–Trinajstić information content (AvgIpc) is 3.05. The third kappa shape index (κ3) is 3.69. The Labute approximate surface area is 149 Å². The summed E-state index contributed by atoms with van der Waals surface area (Å²) in [6.07, 6.45) is 0. The van der Waals surface area contributed by atoms with Gasteiger partial charge in [-0.2, -0.15) is 0 Å². The fourth-order valence-corrected chi connectivity index (χ4v) is 2.45. The number of nitrogens with zero attached hydrogens (tertiary/aromatic N) is 3. The fraction of sp³-hybridized carbons (Fsp3) is 0.111. The molecular formula is C18H17N5O3. The molecule has 0 saturated carbocycles. The highest BCUT2D eigenvalue weighted by Gasteiger charge is 2.21. The lowest BCUT2D eigenvalue weighted by atomic mass is 10.2. The van der Waals surface area contributed by atoms with Gasteiger partial charge in [0.25, 0.3) is 5.91 Å². The van der Waals surface area contributed by atoms with Crippen molar-refractivity contribution in [2.24, 2.45) is 5.73 Å². The Morgan fingerprint density at radius 2 is 1.92 bits per heavy atom. The molecular weight excluding hydrogens is 334 g/mol. The molecule has 26 heavy (non-hydrogen) atoms. The number of benzene rings is 2. The lowest BCUT2D eigenvalue weighted by Gasteiger charge is -2.08. The minimum Gasteiger partial charge on any atom is -0.479 e. The summed E-state index contributed by atoms with van der Waals surface area (Å²) in [5.74, 6) is -0.826. The summed E-state index contributed by atoms with van der Waals surface area (Å²) in [5.41, 5.74) is 7.01. The van der Waals surface area contributed by atoms with Gasteiger partial charge in [-0.25, -0.2) is 4.68 Å². The molecule has 2 aromatic carbocycles. The summed E-state index contributed by atoms with van der Waals surface area (Å²) in [6.45, 7) is 0.418. The second-order valence-corrected chi connectivity index (χ2v) is 5.49. The van der Waals surface area contributed by atoms with Gasteiger partial charge in [-0.15, -0.1) is 5.10 Å². The summed E-state index contributed by atoms with van der Waals surface area (Å²) in [7, 11) is 1.45. The Balaban J connectivity index is 1.81. The van der Waals surface area contributed by atoms with Gasteiger partial charge >= 0.3 is 0 Å². The number of primary amides is 1. The Morgan fingerprint density at radius 3 is 2.62 bits per heavy atom. The molecule has 0 atom stereocenters. The first-order chi connectivity index (χ1) is 12.6. The highest BCUT2D eigenvalue weighted by Crippen LogP contribution is 2.19. The van der Waals surface area contributed by atoms with Crippen molar-refractivity contribution >= 4 is 17.5 Å². The molecule has 0 unspecified atom stereocenters. The van der Waals surface area contributed by atoms with Crippen molar-refractivity contribution in [3.8, 4) is 5.88 Å². The Hall–Kier alpha value is -3.68. The van der Waals surface area contributed by atoms with Gasteiger partial charge in [0, 0.05) is 11.3 Å². The van der Waals surface area contributed by atoms with E-state index in [1.807, 2.05) is 30.3 Å². The van der Waals surface area contributed by atoms with Crippen LogP contribution < -0.4 is 15.8 Å². The largest absolute Gasteiger partial charge is 0.479 e. The van der Waals surface area contributed by atoms with Gasteiger partial charge in [0.2, 0.25) is 17.5 Å². The molecule has 0 aliphatic rings. The maximum absolute atomic E-state index is 12.5. The van der Waals surface area contributed by atoms with Crippen LogP contribution in [0.5, 0.6) is 5.88 Å². The third-order valence-electron chi connectivity index (χ3n) is 3.68. The normalized spacial score (nSPS) is 10.3. The maximum atomic E-state index is 12.5. The lowest BCUT2D eigenvalue weighted by Crippen LogP contribution is -2.16. The van der Waals surface area contributed by atoms with Gasteiger partial charge in [-0.05, 0) is 23.8 Å².